The Labute approximate surface area is 110 Å². The van der Waals surface area contributed by atoms with Crippen LogP contribution < -0.4 is 0 Å². The molecule has 0 unspecified atom stereocenters. The molecule has 0 aliphatic heterocycles. The molecule has 0 heterocycles. The minimum absolute atomic E-state index is 0.791. The Morgan fingerprint density at radius 1 is 0.889 bits per heavy atom. The summed E-state index contributed by atoms with van der Waals surface area (Å²) in [6.07, 6.45) is 6.97. The summed E-state index contributed by atoms with van der Waals surface area (Å²) in [6.45, 7) is 2.34. The first kappa shape index (κ1) is 11.8. The Bertz CT molecular complexity index is 513. The van der Waals surface area contributed by atoms with Crippen LogP contribution in [-0.4, -0.2) is 0 Å². The van der Waals surface area contributed by atoms with Crippen LogP contribution in [0.2, 0.25) is 0 Å². The van der Waals surface area contributed by atoms with Crippen molar-refractivity contribution in [1.82, 2.24) is 0 Å². The van der Waals surface area contributed by atoms with Gasteiger partial charge in [-0.2, -0.15) is 0 Å². The lowest BCUT2D eigenvalue weighted by Crippen LogP contribution is -2.12. The summed E-state index contributed by atoms with van der Waals surface area (Å²) in [5.41, 5.74) is 1.59. The van der Waals surface area contributed by atoms with Crippen LogP contribution in [0.4, 0.5) is 0 Å². The van der Waals surface area contributed by atoms with Crippen LogP contribution in [0, 0.1) is 5.92 Å². The van der Waals surface area contributed by atoms with Crippen molar-refractivity contribution >= 4 is 10.8 Å². The molecule has 0 amide bonds. The van der Waals surface area contributed by atoms with Gasteiger partial charge >= 0.3 is 0 Å². The summed E-state index contributed by atoms with van der Waals surface area (Å²) in [6, 6.07) is 15.6. The van der Waals surface area contributed by atoms with Gasteiger partial charge in [0, 0.05) is 0 Å². The van der Waals surface area contributed by atoms with Gasteiger partial charge in [-0.1, -0.05) is 55.8 Å². The lowest BCUT2D eigenvalue weighted by Gasteiger charge is -2.28. The first-order chi connectivity index (χ1) is 8.88. The standard InChI is InChI=1S/C18H22/c1-2-14-10-12-16(13-11-14)18-9-5-7-15-6-3-4-8-17(15)18/h3-9,14,16H,2,10-13H2,1H3. The van der Waals surface area contributed by atoms with Gasteiger partial charge in [0.05, 0.1) is 0 Å². The molecule has 0 aromatic heterocycles. The topological polar surface area (TPSA) is 0 Å². The molecule has 0 atom stereocenters. The second kappa shape index (κ2) is 5.14. The van der Waals surface area contributed by atoms with E-state index in [0.717, 1.165) is 11.8 Å². The quantitative estimate of drug-likeness (QED) is 0.646. The third kappa shape index (κ3) is 2.16. The van der Waals surface area contributed by atoms with Gasteiger partial charge < -0.3 is 0 Å². The highest BCUT2D eigenvalue weighted by molar-refractivity contribution is 5.86. The fourth-order valence-corrected chi connectivity index (χ4v) is 3.49. The van der Waals surface area contributed by atoms with Crippen molar-refractivity contribution < 1.29 is 0 Å². The maximum absolute atomic E-state index is 2.35. The first-order valence-corrected chi connectivity index (χ1v) is 7.36. The molecule has 2 aromatic carbocycles. The summed E-state index contributed by atoms with van der Waals surface area (Å²) >= 11 is 0. The first-order valence-electron chi connectivity index (χ1n) is 7.36. The third-order valence-electron chi connectivity index (χ3n) is 4.69. The molecular weight excluding hydrogens is 216 g/mol. The Kier molecular flexibility index (Phi) is 3.36. The Morgan fingerprint density at radius 3 is 2.39 bits per heavy atom. The molecular formula is C18H22. The summed E-state index contributed by atoms with van der Waals surface area (Å²) < 4.78 is 0. The van der Waals surface area contributed by atoms with Crippen molar-refractivity contribution in [3.63, 3.8) is 0 Å². The van der Waals surface area contributed by atoms with Crippen LogP contribution in [0.5, 0.6) is 0 Å². The lowest BCUT2D eigenvalue weighted by atomic mass is 9.77. The van der Waals surface area contributed by atoms with Gasteiger partial charge in [-0.25, -0.2) is 0 Å². The molecule has 94 valence electrons. The highest BCUT2D eigenvalue weighted by Gasteiger charge is 2.22. The minimum atomic E-state index is 0.791. The van der Waals surface area contributed by atoms with Gasteiger partial charge in [-0.15, -0.1) is 0 Å². The molecule has 0 bridgehead atoms. The van der Waals surface area contributed by atoms with E-state index in [9.17, 15) is 0 Å². The smallest absolute Gasteiger partial charge is 0.0149 e. The molecule has 0 heteroatoms. The summed E-state index contributed by atoms with van der Waals surface area (Å²) in [7, 11) is 0. The molecule has 18 heavy (non-hydrogen) atoms. The van der Waals surface area contributed by atoms with Crippen LogP contribution in [0.3, 0.4) is 0 Å². The lowest BCUT2D eigenvalue weighted by molar-refractivity contribution is 0.319. The molecule has 0 nitrogen and oxygen atoms in total. The van der Waals surface area contributed by atoms with Crippen LogP contribution in [0.15, 0.2) is 42.5 Å². The van der Waals surface area contributed by atoms with E-state index in [1.165, 1.54) is 42.9 Å². The average Bonchev–Trinajstić information content (AvgIpc) is 2.47. The third-order valence-corrected chi connectivity index (χ3v) is 4.69. The maximum Gasteiger partial charge on any atom is -0.0149 e. The molecule has 3 rings (SSSR count). The highest BCUT2D eigenvalue weighted by Crippen LogP contribution is 2.39. The Hall–Kier alpha value is -1.30. The van der Waals surface area contributed by atoms with E-state index >= 15 is 0 Å². The predicted octanol–water partition coefficient (Wildman–Crippen LogP) is 5.52. The van der Waals surface area contributed by atoms with Gasteiger partial charge in [0.2, 0.25) is 0 Å². The molecule has 1 aliphatic carbocycles. The van der Waals surface area contributed by atoms with Crippen LogP contribution in [0.1, 0.15) is 50.5 Å². The Balaban J connectivity index is 1.91. The summed E-state index contributed by atoms with van der Waals surface area (Å²) in [5.74, 6) is 1.77. The van der Waals surface area contributed by atoms with Crippen LogP contribution in [-0.2, 0) is 0 Å². The van der Waals surface area contributed by atoms with E-state index < -0.39 is 0 Å². The van der Waals surface area contributed by atoms with Crippen LogP contribution in [0.25, 0.3) is 10.8 Å². The number of hydrogen-bond donors (Lipinski definition) is 0. The van der Waals surface area contributed by atoms with E-state index in [2.05, 4.69) is 49.4 Å². The zero-order valence-electron chi connectivity index (χ0n) is 11.2. The molecule has 2 aromatic rings. The normalized spacial score (nSPS) is 24.3. The van der Waals surface area contributed by atoms with Crippen molar-refractivity contribution in [1.29, 1.82) is 0 Å². The molecule has 1 saturated carbocycles. The van der Waals surface area contributed by atoms with Crippen LogP contribution >= 0.6 is 0 Å². The number of rotatable bonds is 2. The fraction of sp³-hybridized carbons (Fsp3) is 0.444. The van der Waals surface area contributed by atoms with Gasteiger partial charge in [0.1, 0.15) is 0 Å². The van der Waals surface area contributed by atoms with Crippen molar-refractivity contribution in [3.05, 3.63) is 48.0 Å². The van der Waals surface area contributed by atoms with Crippen molar-refractivity contribution in [2.45, 2.75) is 44.9 Å². The largest absolute Gasteiger partial charge is 0.0651 e. The van der Waals surface area contributed by atoms with E-state index in [-0.39, 0.29) is 0 Å². The molecule has 0 radical (unpaired) electrons. The fourth-order valence-electron chi connectivity index (χ4n) is 3.49. The zero-order valence-corrected chi connectivity index (χ0v) is 11.2. The predicted molar refractivity (Wildman–Crippen MR) is 78.9 cm³/mol. The number of fused-ring (bicyclic) bond motifs is 1. The van der Waals surface area contributed by atoms with Crippen molar-refractivity contribution in [3.8, 4) is 0 Å². The highest BCUT2D eigenvalue weighted by atomic mass is 14.3. The molecule has 0 N–H and O–H groups in total. The Morgan fingerprint density at radius 2 is 1.61 bits per heavy atom. The second-order valence-electron chi connectivity index (χ2n) is 5.69. The SMILES string of the molecule is CCC1CCC(c2cccc3ccccc23)CC1. The second-order valence-corrected chi connectivity index (χ2v) is 5.69. The molecule has 0 spiro atoms. The monoisotopic (exact) mass is 238 g/mol. The van der Waals surface area contributed by atoms with E-state index in [4.69, 9.17) is 0 Å². The van der Waals surface area contributed by atoms with Crippen molar-refractivity contribution in [2.24, 2.45) is 5.92 Å². The summed E-state index contributed by atoms with van der Waals surface area (Å²) in [4.78, 5) is 0. The molecule has 1 aliphatic rings. The van der Waals surface area contributed by atoms with Crippen molar-refractivity contribution in [2.75, 3.05) is 0 Å². The van der Waals surface area contributed by atoms with Gasteiger partial charge in [-0.05, 0) is 53.9 Å². The number of hydrogen-bond acceptors (Lipinski definition) is 0. The summed E-state index contributed by atoms with van der Waals surface area (Å²) in [5, 5.41) is 2.87. The zero-order chi connectivity index (χ0) is 12.4. The van der Waals surface area contributed by atoms with Gasteiger partial charge in [-0.3, -0.25) is 0 Å². The van der Waals surface area contributed by atoms with E-state index in [1.807, 2.05) is 0 Å². The maximum atomic E-state index is 2.35. The van der Waals surface area contributed by atoms with E-state index in [1.54, 1.807) is 5.56 Å². The average molecular weight is 238 g/mol. The molecule has 0 saturated heterocycles. The van der Waals surface area contributed by atoms with Gasteiger partial charge in [0.25, 0.3) is 0 Å². The van der Waals surface area contributed by atoms with E-state index in [0.29, 0.717) is 0 Å². The number of benzene rings is 2. The molecule has 1 fully saturated rings. The minimum Gasteiger partial charge on any atom is -0.0651 e. The van der Waals surface area contributed by atoms with Gasteiger partial charge in [0.15, 0.2) is 0 Å².